The fraction of sp³-hybridized carbons (Fsp3) is 0.809. The molecular formula is C47H89N2O6P. The molecule has 2 N–H and O–H groups in total. The summed E-state index contributed by atoms with van der Waals surface area (Å²) in [5.41, 5.74) is 0. The van der Waals surface area contributed by atoms with E-state index in [1.165, 1.54) is 135 Å². The first-order valence-corrected chi connectivity index (χ1v) is 24.5. The van der Waals surface area contributed by atoms with Gasteiger partial charge in [-0.1, -0.05) is 184 Å². The van der Waals surface area contributed by atoms with Crippen LogP contribution in [0.3, 0.4) is 0 Å². The molecule has 0 radical (unpaired) electrons. The van der Waals surface area contributed by atoms with Crippen LogP contribution in [-0.2, 0) is 18.4 Å². The van der Waals surface area contributed by atoms with Gasteiger partial charge in [0, 0.05) is 6.42 Å². The van der Waals surface area contributed by atoms with Crippen molar-refractivity contribution in [1.82, 2.24) is 5.32 Å². The predicted molar refractivity (Wildman–Crippen MR) is 238 cm³/mol. The highest BCUT2D eigenvalue weighted by molar-refractivity contribution is 7.45. The van der Waals surface area contributed by atoms with Gasteiger partial charge in [0.05, 0.1) is 39.9 Å². The van der Waals surface area contributed by atoms with Crippen molar-refractivity contribution >= 4 is 13.7 Å². The number of nitrogens with zero attached hydrogens (tertiary/aromatic N) is 1. The van der Waals surface area contributed by atoms with Crippen LogP contribution in [0.25, 0.3) is 0 Å². The summed E-state index contributed by atoms with van der Waals surface area (Å²) in [7, 11) is 1.21. The van der Waals surface area contributed by atoms with E-state index in [0.29, 0.717) is 17.4 Å². The van der Waals surface area contributed by atoms with E-state index in [-0.39, 0.29) is 18.9 Å². The Balaban J connectivity index is 4.48. The number of nitrogens with one attached hydrogen (secondary N) is 1. The molecule has 0 heterocycles. The van der Waals surface area contributed by atoms with Crippen LogP contribution in [-0.4, -0.2) is 68.5 Å². The Morgan fingerprint density at radius 3 is 1.55 bits per heavy atom. The van der Waals surface area contributed by atoms with Crippen molar-refractivity contribution in [2.75, 3.05) is 40.9 Å². The monoisotopic (exact) mass is 809 g/mol. The zero-order valence-electron chi connectivity index (χ0n) is 37.1. The molecule has 56 heavy (non-hydrogen) atoms. The first-order chi connectivity index (χ1) is 27.0. The molecule has 3 atom stereocenters. The molecule has 9 heteroatoms. The summed E-state index contributed by atoms with van der Waals surface area (Å²) >= 11 is 0. The number of rotatable bonds is 41. The number of hydrogen-bond acceptors (Lipinski definition) is 6. The molecule has 3 unspecified atom stereocenters. The van der Waals surface area contributed by atoms with Crippen LogP contribution in [0, 0.1) is 0 Å². The Kier molecular flexibility index (Phi) is 37.9. The zero-order chi connectivity index (χ0) is 41.4. The molecule has 328 valence electrons. The smallest absolute Gasteiger partial charge is 0.268 e. The van der Waals surface area contributed by atoms with E-state index in [9.17, 15) is 19.4 Å². The van der Waals surface area contributed by atoms with E-state index in [1.807, 2.05) is 33.3 Å². The molecule has 0 saturated carbocycles. The third-order valence-corrected chi connectivity index (χ3v) is 11.0. The summed E-state index contributed by atoms with van der Waals surface area (Å²) in [6.45, 7) is 4.57. The van der Waals surface area contributed by atoms with Gasteiger partial charge < -0.3 is 28.8 Å². The first kappa shape index (κ1) is 54.5. The van der Waals surface area contributed by atoms with Crippen molar-refractivity contribution < 1.29 is 32.9 Å². The molecule has 0 spiro atoms. The average Bonchev–Trinajstić information content (AvgIpc) is 3.15. The first-order valence-electron chi connectivity index (χ1n) is 23.0. The maximum Gasteiger partial charge on any atom is 0.268 e. The molecule has 8 nitrogen and oxygen atoms in total. The molecule has 1 amide bonds. The Bertz CT molecular complexity index is 1050. The molecule has 0 fully saturated rings. The molecule has 0 aliphatic heterocycles. The number of phosphoric ester groups is 1. The number of allylic oxidation sites excluding steroid dienone is 7. The topological polar surface area (TPSA) is 108 Å². The quantitative estimate of drug-likeness (QED) is 0.0276. The van der Waals surface area contributed by atoms with Crippen molar-refractivity contribution in [2.24, 2.45) is 0 Å². The molecule has 0 aliphatic rings. The second kappa shape index (κ2) is 38.9. The number of carbonyl (C=O) groups is 1. The minimum absolute atomic E-state index is 0.0166. The van der Waals surface area contributed by atoms with Gasteiger partial charge in [-0.25, -0.2) is 0 Å². The number of hydrogen-bond donors (Lipinski definition) is 2. The number of amides is 1. The highest BCUT2D eigenvalue weighted by Gasteiger charge is 2.23. The maximum absolute atomic E-state index is 12.8. The molecule has 0 bridgehead atoms. The Morgan fingerprint density at radius 1 is 0.625 bits per heavy atom. The number of phosphoric acid groups is 1. The summed E-state index contributed by atoms with van der Waals surface area (Å²) < 4.78 is 23.1. The van der Waals surface area contributed by atoms with E-state index in [2.05, 4.69) is 49.5 Å². The van der Waals surface area contributed by atoms with Crippen LogP contribution in [0.4, 0.5) is 0 Å². The molecule has 0 saturated heterocycles. The van der Waals surface area contributed by atoms with Crippen molar-refractivity contribution in [2.45, 2.75) is 206 Å². The number of unbranched alkanes of at least 4 members (excludes halogenated alkanes) is 22. The number of aliphatic hydroxyl groups excluding tert-OH is 1. The highest BCUT2D eigenvalue weighted by Crippen LogP contribution is 2.38. The molecular weight excluding hydrogens is 719 g/mol. The fourth-order valence-corrected chi connectivity index (χ4v) is 7.06. The van der Waals surface area contributed by atoms with Crippen LogP contribution in [0.2, 0.25) is 0 Å². The van der Waals surface area contributed by atoms with E-state index in [4.69, 9.17) is 9.05 Å². The van der Waals surface area contributed by atoms with Crippen LogP contribution >= 0.6 is 7.82 Å². The van der Waals surface area contributed by atoms with E-state index in [1.54, 1.807) is 6.08 Å². The Morgan fingerprint density at radius 2 is 1.05 bits per heavy atom. The minimum atomic E-state index is -4.61. The average molecular weight is 809 g/mol. The van der Waals surface area contributed by atoms with Crippen LogP contribution in [0.5, 0.6) is 0 Å². The third-order valence-electron chi connectivity index (χ3n) is 10.0. The van der Waals surface area contributed by atoms with Crippen molar-refractivity contribution in [3.05, 3.63) is 48.6 Å². The summed E-state index contributed by atoms with van der Waals surface area (Å²) in [6.07, 6.45) is 49.0. The summed E-state index contributed by atoms with van der Waals surface area (Å²) in [6, 6.07) is -0.933. The summed E-state index contributed by atoms with van der Waals surface area (Å²) in [4.78, 5) is 25.2. The molecule has 0 aromatic heterocycles. The van der Waals surface area contributed by atoms with Gasteiger partial charge in [-0.2, -0.15) is 0 Å². The van der Waals surface area contributed by atoms with Gasteiger partial charge in [0.2, 0.25) is 5.91 Å². The molecule has 0 aromatic carbocycles. The predicted octanol–water partition coefficient (Wildman–Crippen LogP) is 12.2. The number of quaternary nitrogens is 1. The SMILES string of the molecule is CCCCCCCC/C=C\C/C=C\CCC(=O)NC(COP(=O)([O-])OCC[N+](C)(C)C)C(O)/C=C/CC/C=C/CCCCCCCCCCCCCCCCC. The fourth-order valence-electron chi connectivity index (χ4n) is 6.34. The van der Waals surface area contributed by atoms with E-state index >= 15 is 0 Å². The van der Waals surface area contributed by atoms with Gasteiger partial charge in [0.15, 0.2) is 0 Å². The lowest BCUT2D eigenvalue weighted by molar-refractivity contribution is -0.870. The molecule has 0 aliphatic carbocycles. The second-order valence-electron chi connectivity index (χ2n) is 16.7. The van der Waals surface area contributed by atoms with Crippen LogP contribution < -0.4 is 10.2 Å². The summed E-state index contributed by atoms with van der Waals surface area (Å²) in [5.74, 6) is -0.275. The highest BCUT2D eigenvalue weighted by atomic mass is 31.2. The van der Waals surface area contributed by atoms with Gasteiger partial charge in [0.1, 0.15) is 13.2 Å². The van der Waals surface area contributed by atoms with E-state index in [0.717, 1.165) is 32.1 Å². The van der Waals surface area contributed by atoms with Crippen LogP contribution in [0.15, 0.2) is 48.6 Å². The van der Waals surface area contributed by atoms with Gasteiger partial charge in [0.25, 0.3) is 7.82 Å². The van der Waals surface area contributed by atoms with E-state index < -0.39 is 26.6 Å². The van der Waals surface area contributed by atoms with Crippen molar-refractivity contribution in [3.8, 4) is 0 Å². The van der Waals surface area contributed by atoms with Gasteiger partial charge in [-0.15, -0.1) is 0 Å². The normalized spacial score (nSPS) is 14.8. The second-order valence-corrected chi connectivity index (χ2v) is 18.2. The van der Waals surface area contributed by atoms with Gasteiger partial charge in [-0.3, -0.25) is 9.36 Å². The number of carbonyl (C=O) groups excluding carboxylic acids is 1. The minimum Gasteiger partial charge on any atom is -0.756 e. The van der Waals surface area contributed by atoms with Crippen molar-refractivity contribution in [1.29, 1.82) is 0 Å². The van der Waals surface area contributed by atoms with Gasteiger partial charge >= 0.3 is 0 Å². The number of likely N-dealkylation sites (N-methyl/N-ethyl adjacent to an activating group) is 1. The lowest BCUT2D eigenvalue weighted by Crippen LogP contribution is -2.45. The Labute approximate surface area is 346 Å². The number of aliphatic hydroxyl groups is 1. The van der Waals surface area contributed by atoms with Crippen molar-refractivity contribution in [3.63, 3.8) is 0 Å². The lowest BCUT2D eigenvalue weighted by atomic mass is 10.0. The molecule has 0 aromatic rings. The maximum atomic E-state index is 12.8. The third kappa shape index (κ3) is 40.6. The zero-order valence-corrected chi connectivity index (χ0v) is 38.0. The summed E-state index contributed by atoms with van der Waals surface area (Å²) in [5, 5.41) is 13.7. The van der Waals surface area contributed by atoms with Gasteiger partial charge in [-0.05, 0) is 51.4 Å². The van der Waals surface area contributed by atoms with Crippen LogP contribution in [0.1, 0.15) is 194 Å². The molecule has 0 rings (SSSR count). The largest absolute Gasteiger partial charge is 0.756 e. The standard InChI is InChI=1S/C47H89N2O6P/c1-6-8-10-12-14-16-18-20-21-22-23-24-25-26-27-29-30-32-34-36-38-40-46(50)45(44-55-56(52,53)54-43-42-49(3,4)5)48-47(51)41-39-37-35-33-31-28-19-17-15-13-11-9-7-2/h28,30-32,35,37-38,40,45-46,50H,6-27,29,33-34,36,39,41-44H2,1-5H3,(H-,48,51,52,53)/b31-28-,32-30+,37-35-,40-38+. The Hall–Kier alpha value is -1.54. The lowest BCUT2D eigenvalue weighted by Gasteiger charge is -2.29.